The van der Waals surface area contributed by atoms with Gasteiger partial charge in [-0.05, 0) is 24.0 Å². The molecular formula is C12H11F3O2. The first-order chi connectivity index (χ1) is 7.95. The van der Waals surface area contributed by atoms with Crippen molar-refractivity contribution in [2.45, 2.75) is 18.5 Å². The SMILES string of the molecule is COC(=O)[C@@H]1C[C@H]1c1ccccc1C(F)(F)F. The van der Waals surface area contributed by atoms with Crippen LogP contribution in [-0.4, -0.2) is 13.1 Å². The smallest absolute Gasteiger partial charge is 0.416 e. The quantitative estimate of drug-likeness (QED) is 0.747. The van der Waals surface area contributed by atoms with Crippen LogP contribution in [0.25, 0.3) is 0 Å². The van der Waals surface area contributed by atoms with E-state index in [-0.39, 0.29) is 11.5 Å². The van der Waals surface area contributed by atoms with Gasteiger partial charge in [-0.2, -0.15) is 13.2 Å². The lowest BCUT2D eigenvalue weighted by Crippen LogP contribution is -2.10. The molecule has 0 amide bonds. The predicted octanol–water partition coefficient (Wildman–Crippen LogP) is 2.98. The molecular weight excluding hydrogens is 233 g/mol. The van der Waals surface area contributed by atoms with Gasteiger partial charge < -0.3 is 4.74 Å². The van der Waals surface area contributed by atoms with Crippen LogP contribution in [0.3, 0.4) is 0 Å². The molecule has 0 spiro atoms. The molecule has 1 aliphatic rings. The van der Waals surface area contributed by atoms with E-state index in [0.717, 1.165) is 6.07 Å². The van der Waals surface area contributed by atoms with Crippen molar-refractivity contribution in [2.75, 3.05) is 7.11 Å². The minimum Gasteiger partial charge on any atom is -0.469 e. The maximum Gasteiger partial charge on any atom is 0.416 e. The van der Waals surface area contributed by atoms with Gasteiger partial charge in [0.05, 0.1) is 18.6 Å². The van der Waals surface area contributed by atoms with E-state index in [4.69, 9.17) is 0 Å². The van der Waals surface area contributed by atoms with E-state index in [1.165, 1.54) is 19.2 Å². The molecule has 0 bridgehead atoms. The summed E-state index contributed by atoms with van der Waals surface area (Å²) in [7, 11) is 1.24. The molecule has 1 saturated carbocycles. The Morgan fingerprint density at radius 3 is 2.59 bits per heavy atom. The maximum absolute atomic E-state index is 12.7. The van der Waals surface area contributed by atoms with E-state index in [9.17, 15) is 18.0 Å². The third kappa shape index (κ3) is 2.28. The number of carbonyl (C=O) groups is 1. The highest BCUT2D eigenvalue weighted by Crippen LogP contribution is 2.51. The predicted molar refractivity (Wildman–Crippen MR) is 54.3 cm³/mol. The molecule has 92 valence electrons. The van der Waals surface area contributed by atoms with Crippen molar-refractivity contribution in [1.29, 1.82) is 0 Å². The van der Waals surface area contributed by atoms with Gasteiger partial charge in [0.15, 0.2) is 0 Å². The third-order valence-corrected chi connectivity index (χ3v) is 2.96. The molecule has 17 heavy (non-hydrogen) atoms. The Hall–Kier alpha value is -1.52. The van der Waals surface area contributed by atoms with E-state index in [2.05, 4.69) is 4.74 Å². The normalized spacial score (nSPS) is 23.3. The maximum atomic E-state index is 12.7. The van der Waals surface area contributed by atoms with Crippen LogP contribution >= 0.6 is 0 Å². The molecule has 0 unspecified atom stereocenters. The highest BCUT2D eigenvalue weighted by molar-refractivity contribution is 5.77. The van der Waals surface area contributed by atoms with Crippen LogP contribution in [0.5, 0.6) is 0 Å². The molecule has 2 nitrogen and oxygen atoms in total. The summed E-state index contributed by atoms with van der Waals surface area (Å²) < 4.78 is 42.7. The summed E-state index contributed by atoms with van der Waals surface area (Å²) in [5.74, 6) is -1.23. The lowest BCUT2D eigenvalue weighted by Gasteiger charge is -2.12. The van der Waals surface area contributed by atoms with Crippen molar-refractivity contribution in [1.82, 2.24) is 0 Å². The van der Waals surface area contributed by atoms with Crippen LogP contribution in [0, 0.1) is 5.92 Å². The minimum atomic E-state index is -4.38. The van der Waals surface area contributed by atoms with Gasteiger partial charge in [0.25, 0.3) is 0 Å². The largest absolute Gasteiger partial charge is 0.469 e. The third-order valence-electron chi connectivity index (χ3n) is 2.96. The molecule has 0 N–H and O–H groups in total. The van der Waals surface area contributed by atoms with E-state index in [0.29, 0.717) is 6.42 Å². The Morgan fingerprint density at radius 2 is 2.00 bits per heavy atom. The Kier molecular flexibility index (Phi) is 2.85. The fourth-order valence-electron chi connectivity index (χ4n) is 2.03. The number of esters is 1. The van der Waals surface area contributed by atoms with Crippen molar-refractivity contribution >= 4 is 5.97 Å². The van der Waals surface area contributed by atoms with Crippen molar-refractivity contribution in [3.8, 4) is 0 Å². The van der Waals surface area contributed by atoms with Crippen molar-refractivity contribution in [2.24, 2.45) is 5.92 Å². The standard InChI is InChI=1S/C12H11F3O2/c1-17-11(16)9-6-8(9)7-4-2-3-5-10(7)12(13,14)15/h2-5,8-9H,6H2,1H3/t8-,9+/m0/s1. The van der Waals surface area contributed by atoms with Crippen LogP contribution in [0.15, 0.2) is 24.3 Å². The molecule has 0 heterocycles. The monoisotopic (exact) mass is 244 g/mol. The average molecular weight is 244 g/mol. The number of alkyl halides is 3. The van der Waals surface area contributed by atoms with Crippen molar-refractivity contribution in [3.05, 3.63) is 35.4 Å². The lowest BCUT2D eigenvalue weighted by molar-refractivity contribution is -0.143. The van der Waals surface area contributed by atoms with Crippen molar-refractivity contribution in [3.63, 3.8) is 0 Å². The molecule has 0 aliphatic heterocycles. The first-order valence-electron chi connectivity index (χ1n) is 5.19. The number of hydrogen-bond donors (Lipinski definition) is 0. The highest BCUT2D eigenvalue weighted by atomic mass is 19.4. The summed E-state index contributed by atoms with van der Waals surface area (Å²) in [5, 5.41) is 0. The van der Waals surface area contributed by atoms with Crippen LogP contribution in [0.2, 0.25) is 0 Å². The number of rotatable bonds is 2. The summed E-state index contributed by atoms with van der Waals surface area (Å²) in [6.07, 6.45) is -3.94. The van der Waals surface area contributed by atoms with Crippen molar-refractivity contribution < 1.29 is 22.7 Å². The number of benzene rings is 1. The first-order valence-corrected chi connectivity index (χ1v) is 5.19. The average Bonchev–Trinajstić information content (AvgIpc) is 3.07. The lowest BCUT2D eigenvalue weighted by atomic mass is 10.0. The second-order valence-corrected chi connectivity index (χ2v) is 4.06. The zero-order valence-electron chi connectivity index (χ0n) is 9.12. The number of carbonyl (C=O) groups excluding carboxylic acids is 1. The topological polar surface area (TPSA) is 26.3 Å². The van der Waals surface area contributed by atoms with E-state index >= 15 is 0 Å². The van der Waals surface area contributed by atoms with E-state index in [1.807, 2.05) is 0 Å². The van der Waals surface area contributed by atoms with Gasteiger partial charge in [0.1, 0.15) is 0 Å². The van der Waals surface area contributed by atoms with Crippen LogP contribution in [0.4, 0.5) is 13.2 Å². The number of methoxy groups -OCH3 is 1. The summed E-state index contributed by atoms with van der Waals surface area (Å²) in [4.78, 5) is 11.2. The molecule has 1 aromatic rings. The van der Waals surface area contributed by atoms with Gasteiger partial charge in [-0.25, -0.2) is 0 Å². The van der Waals surface area contributed by atoms with Crippen LogP contribution in [-0.2, 0) is 15.7 Å². The highest BCUT2D eigenvalue weighted by Gasteiger charge is 2.48. The van der Waals surface area contributed by atoms with E-state index in [1.54, 1.807) is 6.07 Å². The zero-order valence-corrected chi connectivity index (χ0v) is 9.12. The van der Waals surface area contributed by atoms with Gasteiger partial charge in [0, 0.05) is 0 Å². The molecule has 5 heteroatoms. The number of ether oxygens (including phenoxy) is 1. The summed E-state index contributed by atoms with van der Waals surface area (Å²) in [6.45, 7) is 0. The van der Waals surface area contributed by atoms with Gasteiger partial charge in [-0.1, -0.05) is 18.2 Å². The van der Waals surface area contributed by atoms with Gasteiger partial charge in [-0.15, -0.1) is 0 Å². The number of halogens is 3. The molecule has 0 radical (unpaired) electrons. The minimum absolute atomic E-state index is 0.190. The fraction of sp³-hybridized carbons (Fsp3) is 0.417. The fourth-order valence-corrected chi connectivity index (χ4v) is 2.03. The van der Waals surface area contributed by atoms with Gasteiger partial charge >= 0.3 is 12.1 Å². The molecule has 2 rings (SSSR count). The second kappa shape index (κ2) is 4.05. The Labute approximate surface area is 96.4 Å². The summed E-state index contributed by atoms with van der Waals surface area (Å²) in [5.41, 5.74) is -0.466. The number of hydrogen-bond acceptors (Lipinski definition) is 2. The summed E-state index contributed by atoms with van der Waals surface area (Å²) in [6, 6.07) is 5.37. The second-order valence-electron chi connectivity index (χ2n) is 4.06. The van der Waals surface area contributed by atoms with Crippen LogP contribution in [0.1, 0.15) is 23.5 Å². The Balaban J connectivity index is 2.27. The molecule has 0 aromatic heterocycles. The first kappa shape index (κ1) is 12.0. The molecule has 0 saturated heterocycles. The van der Waals surface area contributed by atoms with E-state index < -0.39 is 23.6 Å². The molecule has 2 atom stereocenters. The van der Waals surface area contributed by atoms with Crippen LogP contribution < -0.4 is 0 Å². The Bertz CT molecular complexity index is 440. The van der Waals surface area contributed by atoms with Gasteiger partial charge in [0.2, 0.25) is 0 Å². The Morgan fingerprint density at radius 1 is 1.35 bits per heavy atom. The summed E-state index contributed by atoms with van der Waals surface area (Å²) >= 11 is 0. The molecule has 1 aromatic carbocycles. The van der Waals surface area contributed by atoms with Gasteiger partial charge in [-0.3, -0.25) is 4.79 Å². The molecule has 1 fully saturated rings. The zero-order chi connectivity index (χ0) is 12.6. The molecule has 1 aliphatic carbocycles.